The van der Waals surface area contributed by atoms with E-state index in [0.29, 0.717) is 11.1 Å². The zero-order chi connectivity index (χ0) is 17.2. The molecule has 0 aliphatic heterocycles. The Morgan fingerprint density at radius 3 is 2.26 bits per heavy atom. The predicted molar refractivity (Wildman–Crippen MR) is 87.4 cm³/mol. The van der Waals surface area contributed by atoms with Crippen LogP contribution >= 0.6 is 34.8 Å². The van der Waals surface area contributed by atoms with E-state index >= 15 is 0 Å². The molecule has 122 valence electrons. The maximum Gasteiger partial charge on any atom is 0.407 e. The van der Waals surface area contributed by atoms with Crippen molar-refractivity contribution >= 4 is 52.5 Å². The topological polar surface area (TPSA) is 72.5 Å². The number of carbonyl (C=O) groups is 3. The molecule has 1 amide bonds. The second-order valence-corrected chi connectivity index (χ2v) is 7.37. The van der Waals surface area contributed by atoms with E-state index in [1.807, 2.05) is 0 Å². The van der Waals surface area contributed by atoms with Crippen molar-refractivity contribution in [3.05, 3.63) is 46.5 Å². The monoisotopic (exact) mass is 375 g/mol. The second-order valence-electron chi connectivity index (χ2n) is 4.85. The molecule has 0 saturated heterocycles. The lowest BCUT2D eigenvalue weighted by Gasteiger charge is -2.19. The molecule has 0 bridgehead atoms. The van der Waals surface area contributed by atoms with Gasteiger partial charge in [0, 0.05) is 22.3 Å². The van der Waals surface area contributed by atoms with Crippen molar-refractivity contribution in [3.8, 4) is 0 Å². The molecule has 2 rings (SSSR count). The molecule has 1 aliphatic rings. The third-order valence-electron chi connectivity index (χ3n) is 3.26. The van der Waals surface area contributed by atoms with Gasteiger partial charge in [-0.1, -0.05) is 59.1 Å². The number of benzene rings is 1. The summed E-state index contributed by atoms with van der Waals surface area (Å²) in [5.74, 6) is -0.550. The fourth-order valence-electron chi connectivity index (χ4n) is 2.12. The molecule has 23 heavy (non-hydrogen) atoms. The van der Waals surface area contributed by atoms with Crippen LogP contribution in [0.1, 0.15) is 27.6 Å². The zero-order valence-corrected chi connectivity index (χ0v) is 14.3. The number of rotatable bonds is 3. The van der Waals surface area contributed by atoms with E-state index in [-0.39, 0.29) is 29.3 Å². The average molecular weight is 377 g/mol. The van der Waals surface area contributed by atoms with Crippen LogP contribution < -0.4 is 5.32 Å². The van der Waals surface area contributed by atoms with E-state index in [0.717, 1.165) is 0 Å². The van der Waals surface area contributed by atoms with Gasteiger partial charge in [-0.2, -0.15) is 0 Å². The molecule has 0 heterocycles. The number of alkyl carbamates (subject to hydrolysis) is 1. The first-order valence-electron chi connectivity index (χ1n) is 6.56. The van der Waals surface area contributed by atoms with Crippen molar-refractivity contribution in [2.24, 2.45) is 0 Å². The van der Waals surface area contributed by atoms with Gasteiger partial charge in [0.15, 0.2) is 11.6 Å². The maximum atomic E-state index is 12.4. The molecule has 0 saturated carbocycles. The van der Waals surface area contributed by atoms with Gasteiger partial charge in [0.2, 0.25) is 3.79 Å². The summed E-state index contributed by atoms with van der Waals surface area (Å²) < 4.78 is 2.98. The van der Waals surface area contributed by atoms with Gasteiger partial charge in [0.1, 0.15) is 6.61 Å². The highest BCUT2D eigenvalue weighted by Gasteiger charge is 2.29. The summed E-state index contributed by atoms with van der Waals surface area (Å²) in [7, 11) is 0. The average Bonchev–Trinajstić information content (AvgIpc) is 2.50. The molecule has 8 heteroatoms. The molecular weight excluding hydrogens is 365 g/mol. The molecule has 0 aromatic heterocycles. The molecule has 0 spiro atoms. The number of ether oxygens (including phenoxy) is 1. The van der Waals surface area contributed by atoms with Gasteiger partial charge in [0.05, 0.1) is 6.54 Å². The first kappa shape index (κ1) is 17.8. The van der Waals surface area contributed by atoms with Crippen molar-refractivity contribution in [1.82, 2.24) is 5.32 Å². The maximum absolute atomic E-state index is 12.4. The fourth-order valence-corrected chi connectivity index (χ4v) is 2.29. The Morgan fingerprint density at radius 2 is 1.70 bits per heavy atom. The smallest absolute Gasteiger partial charge is 0.407 e. The number of Topliss-reactive ketones (excluding diaryl/α,β-unsaturated/α-hetero) is 2. The summed E-state index contributed by atoms with van der Waals surface area (Å²) in [6.45, 7) is 0.959. The summed E-state index contributed by atoms with van der Waals surface area (Å²) in [4.78, 5) is 36.2. The number of alkyl halides is 3. The molecule has 0 atom stereocenters. The second kappa shape index (κ2) is 6.91. The van der Waals surface area contributed by atoms with E-state index in [1.54, 1.807) is 31.2 Å². The number of nitrogens with one attached hydrogen (secondary N) is 1. The van der Waals surface area contributed by atoms with Crippen molar-refractivity contribution in [2.75, 3.05) is 13.2 Å². The Morgan fingerprint density at radius 1 is 1.13 bits per heavy atom. The largest absolute Gasteiger partial charge is 0.445 e. The number of allylic oxidation sites excluding steroid dienone is 1. The molecule has 1 aromatic carbocycles. The highest BCUT2D eigenvalue weighted by atomic mass is 35.6. The summed E-state index contributed by atoms with van der Waals surface area (Å²) in [6, 6.07) is 6.53. The van der Waals surface area contributed by atoms with Crippen molar-refractivity contribution in [1.29, 1.82) is 0 Å². The summed E-state index contributed by atoms with van der Waals surface area (Å²) in [5.41, 5.74) is 1.17. The van der Waals surface area contributed by atoms with Gasteiger partial charge >= 0.3 is 6.09 Å². The van der Waals surface area contributed by atoms with Crippen LogP contribution in [0.15, 0.2) is 35.4 Å². The number of hydrogen-bond donors (Lipinski definition) is 1. The Labute approximate surface area is 147 Å². The van der Waals surface area contributed by atoms with Crippen LogP contribution in [0.25, 0.3) is 0 Å². The minimum Gasteiger partial charge on any atom is -0.445 e. The highest BCUT2D eigenvalue weighted by molar-refractivity contribution is 6.67. The molecule has 1 aliphatic carbocycles. The lowest BCUT2D eigenvalue weighted by atomic mass is 9.84. The third-order valence-corrected chi connectivity index (χ3v) is 3.59. The summed E-state index contributed by atoms with van der Waals surface area (Å²) in [6.07, 6.45) is -0.851. The molecule has 1 N–H and O–H groups in total. The number of halogens is 3. The minimum absolute atomic E-state index is 0.149. The van der Waals surface area contributed by atoms with Gasteiger partial charge in [-0.3, -0.25) is 9.59 Å². The van der Waals surface area contributed by atoms with Gasteiger partial charge in [-0.15, -0.1) is 0 Å². The number of carbonyl (C=O) groups excluding carboxylic acids is 3. The van der Waals surface area contributed by atoms with Crippen LogP contribution in [0.2, 0.25) is 0 Å². The quantitative estimate of drug-likeness (QED) is 0.820. The minimum atomic E-state index is -1.72. The Hall–Kier alpha value is -1.56. The predicted octanol–water partition coefficient (Wildman–Crippen LogP) is 3.48. The van der Waals surface area contributed by atoms with Crippen LogP contribution in [-0.4, -0.2) is 34.6 Å². The fraction of sp³-hybridized carbons (Fsp3) is 0.267. The Balaban J connectivity index is 2.09. The summed E-state index contributed by atoms with van der Waals surface area (Å²) in [5, 5.41) is 2.37. The molecule has 5 nitrogen and oxygen atoms in total. The first-order chi connectivity index (χ1) is 10.7. The highest BCUT2D eigenvalue weighted by Crippen LogP contribution is 2.27. The van der Waals surface area contributed by atoms with E-state index in [4.69, 9.17) is 39.5 Å². The van der Waals surface area contributed by atoms with Crippen LogP contribution in [-0.2, 0) is 4.74 Å². The number of hydrogen-bond acceptors (Lipinski definition) is 4. The molecular formula is C15H12Cl3NO4. The lowest BCUT2D eigenvalue weighted by molar-refractivity contribution is 0.0972. The molecule has 0 radical (unpaired) electrons. The number of ketones is 2. The van der Waals surface area contributed by atoms with Crippen molar-refractivity contribution in [2.45, 2.75) is 10.7 Å². The molecule has 1 aromatic rings. The van der Waals surface area contributed by atoms with Crippen LogP contribution in [0.4, 0.5) is 4.79 Å². The van der Waals surface area contributed by atoms with Gasteiger partial charge in [-0.25, -0.2) is 4.79 Å². The SMILES string of the molecule is CC1=C(CNC(=O)OCC(Cl)(Cl)Cl)C(=O)c2ccccc2C1=O. The van der Waals surface area contributed by atoms with Gasteiger partial charge in [0.25, 0.3) is 0 Å². The van der Waals surface area contributed by atoms with Crippen LogP contribution in [0.3, 0.4) is 0 Å². The van der Waals surface area contributed by atoms with Crippen molar-refractivity contribution in [3.63, 3.8) is 0 Å². The number of amides is 1. The Bertz CT molecular complexity index is 707. The van der Waals surface area contributed by atoms with E-state index in [1.165, 1.54) is 0 Å². The Kier molecular flexibility index (Phi) is 5.34. The lowest BCUT2D eigenvalue weighted by Crippen LogP contribution is -2.33. The zero-order valence-electron chi connectivity index (χ0n) is 12.0. The van der Waals surface area contributed by atoms with E-state index in [9.17, 15) is 14.4 Å². The third kappa shape index (κ3) is 4.25. The molecule has 0 fully saturated rings. The van der Waals surface area contributed by atoms with Gasteiger partial charge < -0.3 is 10.1 Å². The number of fused-ring (bicyclic) bond motifs is 1. The van der Waals surface area contributed by atoms with Crippen molar-refractivity contribution < 1.29 is 19.1 Å². The normalized spacial score (nSPS) is 14.6. The van der Waals surface area contributed by atoms with Crippen LogP contribution in [0.5, 0.6) is 0 Å². The summed E-state index contributed by atoms with van der Waals surface area (Å²) >= 11 is 16.4. The standard InChI is InChI=1S/C15H12Cl3NO4/c1-8-11(6-19-14(22)23-7-15(16,17)18)13(21)10-5-3-2-4-9(10)12(8)20/h2-5H,6-7H2,1H3,(H,19,22). The van der Waals surface area contributed by atoms with E-state index < -0.39 is 16.5 Å². The van der Waals surface area contributed by atoms with E-state index in [2.05, 4.69) is 5.32 Å². The van der Waals surface area contributed by atoms with Crippen LogP contribution in [0, 0.1) is 0 Å². The molecule has 0 unspecified atom stereocenters. The van der Waals surface area contributed by atoms with Gasteiger partial charge in [-0.05, 0) is 6.92 Å². The first-order valence-corrected chi connectivity index (χ1v) is 7.69.